The summed E-state index contributed by atoms with van der Waals surface area (Å²) in [6.07, 6.45) is 3.88. The van der Waals surface area contributed by atoms with Crippen molar-refractivity contribution < 1.29 is 13.2 Å². The SMILES string of the molecule is CC(C)c1nc2c(c(NN3C=c4cnsc4=CC3)n1)CCN(c1ncccc1C(F)(F)F)CC2. The van der Waals surface area contributed by atoms with Crippen LogP contribution in [0.5, 0.6) is 0 Å². The maximum absolute atomic E-state index is 13.6. The zero-order chi connectivity index (χ0) is 23.9. The van der Waals surface area contributed by atoms with E-state index in [0.29, 0.717) is 44.1 Å². The Labute approximate surface area is 198 Å². The summed E-state index contributed by atoms with van der Waals surface area (Å²) in [6.45, 7) is 5.50. The van der Waals surface area contributed by atoms with Crippen molar-refractivity contribution in [3.8, 4) is 0 Å². The number of fused-ring (bicyclic) bond motifs is 2. The first-order chi connectivity index (χ1) is 16.3. The number of rotatable bonds is 4. The number of aromatic nitrogens is 4. The van der Waals surface area contributed by atoms with E-state index in [9.17, 15) is 13.2 Å². The summed E-state index contributed by atoms with van der Waals surface area (Å²) >= 11 is 1.46. The summed E-state index contributed by atoms with van der Waals surface area (Å²) in [5.74, 6) is 1.49. The highest BCUT2D eigenvalue weighted by atomic mass is 32.1. The Morgan fingerprint density at radius 1 is 1.15 bits per heavy atom. The van der Waals surface area contributed by atoms with Gasteiger partial charge in [-0.15, -0.1) is 0 Å². The van der Waals surface area contributed by atoms with Crippen LogP contribution >= 0.6 is 11.5 Å². The van der Waals surface area contributed by atoms with E-state index in [4.69, 9.17) is 9.97 Å². The van der Waals surface area contributed by atoms with Gasteiger partial charge < -0.3 is 4.90 Å². The van der Waals surface area contributed by atoms with Crippen molar-refractivity contribution in [2.24, 2.45) is 0 Å². The van der Waals surface area contributed by atoms with Crippen molar-refractivity contribution >= 4 is 35.4 Å². The predicted octanol–water partition coefficient (Wildman–Crippen LogP) is 2.94. The van der Waals surface area contributed by atoms with Crippen LogP contribution < -0.4 is 20.1 Å². The van der Waals surface area contributed by atoms with Gasteiger partial charge in [0.1, 0.15) is 11.6 Å². The molecule has 0 spiro atoms. The summed E-state index contributed by atoms with van der Waals surface area (Å²) in [5, 5.41) is 2.99. The molecule has 11 heteroatoms. The molecule has 0 aromatic carbocycles. The minimum atomic E-state index is -4.46. The number of hydrogen-bond donors (Lipinski definition) is 1. The van der Waals surface area contributed by atoms with Crippen molar-refractivity contribution in [3.63, 3.8) is 0 Å². The molecule has 0 saturated heterocycles. The molecule has 0 atom stereocenters. The molecule has 178 valence electrons. The minimum Gasteiger partial charge on any atom is -0.355 e. The highest BCUT2D eigenvalue weighted by Gasteiger charge is 2.36. The van der Waals surface area contributed by atoms with Crippen LogP contribution in [-0.4, -0.2) is 44.0 Å². The number of hydrogen-bond acceptors (Lipinski definition) is 8. The Balaban J connectivity index is 1.47. The molecule has 0 saturated carbocycles. The van der Waals surface area contributed by atoms with Crippen LogP contribution in [0.4, 0.5) is 24.8 Å². The molecular formula is C23H24F3N7S. The summed E-state index contributed by atoms with van der Waals surface area (Å²) in [5.41, 5.74) is 4.49. The van der Waals surface area contributed by atoms with Crippen LogP contribution in [0.15, 0.2) is 24.5 Å². The lowest BCUT2D eigenvalue weighted by Gasteiger charge is -2.25. The highest BCUT2D eigenvalue weighted by Crippen LogP contribution is 2.36. The van der Waals surface area contributed by atoms with Crippen molar-refractivity contribution in [3.05, 3.63) is 56.9 Å². The molecule has 0 fully saturated rings. The third kappa shape index (κ3) is 4.44. The Bertz CT molecular complexity index is 1320. The Morgan fingerprint density at radius 3 is 2.76 bits per heavy atom. The van der Waals surface area contributed by atoms with Crippen LogP contribution in [0.1, 0.15) is 42.4 Å². The van der Waals surface area contributed by atoms with Gasteiger partial charge in [0.2, 0.25) is 0 Å². The molecule has 0 radical (unpaired) electrons. The molecule has 0 bridgehead atoms. The van der Waals surface area contributed by atoms with E-state index >= 15 is 0 Å². The number of nitrogens with one attached hydrogen (secondary N) is 1. The second-order valence-electron chi connectivity index (χ2n) is 8.61. The van der Waals surface area contributed by atoms with E-state index in [0.717, 1.165) is 27.1 Å². The number of hydrazine groups is 1. The molecule has 34 heavy (non-hydrogen) atoms. The largest absolute Gasteiger partial charge is 0.419 e. The van der Waals surface area contributed by atoms with E-state index in [2.05, 4.69) is 20.9 Å². The van der Waals surface area contributed by atoms with Crippen LogP contribution in [0.2, 0.25) is 0 Å². The quantitative estimate of drug-likeness (QED) is 0.607. The lowest BCUT2D eigenvalue weighted by molar-refractivity contribution is -0.137. The van der Waals surface area contributed by atoms with Gasteiger partial charge in [0, 0.05) is 48.6 Å². The third-order valence-corrected chi connectivity index (χ3v) is 6.72. The van der Waals surface area contributed by atoms with Gasteiger partial charge in [-0.3, -0.25) is 10.4 Å². The van der Waals surface area contributed by atoms with Gasteiger partial charge in [-0.25, -0.2) is 15.0 Å². The molecule has 7 nitrogen and oxygen atoms in total. The number of alkyl halides is 3. The highest BCUT2D eigenvalue weighted by molar-refractivity contribution is 7.03. The fourth-order valence-electron chi connectivity index (χ4n) is 4.18. The lowest BCUT2D eigenvalue weighted by Crippen LogP contribution is -2.36. The summed E-state index contributed by atoms with van der Waals surface area (Å²) in [4.78, 5) is 15.4. The topological polar surface area (TPSA) is 70.1 Å². The monoisotopic (exact) mass is 487 g/mol. The molecular weight excluding hydrogens is 463 g/mol. The lowest BCUT2D eigenvalue weighted by atomic mass is 10.1. The van der Waals surface area contributed by atoms with E-state index in [-0.39, 0.29) is 11.7 Å². The minimum absolute atomic E-state index is 0.0363. The summed E-state index contributed by atoms with van der Waals surface area (Å²) in [6, 6.07) is 2.40. The van der Waals surface area contributed by atoms with E-state index in [1.165, 1.54) is 23.8 Å². The molecule has 5 rings (SSSR count). The first-order valence-electron chi connectivity index (χ1n) is 11.1. The Kier molecular flexibility index (Phi) is 5.88. The van der Waals surface area contributed by atoms with E-state index < -0.39 is 11.7 Å². The van der Waals surface area contributed by atoms with Gasteiger partial charge in [-0.05, 0) is 36.2 Å². The first kappa shape index (κ1) is 22.6. The fraction of sp³-hybridized carbons (Fsp3) is 0.391. The van der Waals surface area contributed by atoms with Crippen molar-refractivity contribution in [1.82, 2.24) is 24.3 Å². The number of nitrogens with zero attached hydrogens (tertiary/aromatic N) is 6. The van der Waals surface area contributed by atoms with Crippen LogP contribution in [0.25, 0.3) is 12.3 Å². The molecule has 2 aliphatic rings. The fourth-order valence-corrected chi connectivity index (χ4v) is 4.81. The van der Waals surface area contributed by atoms with Gasteiger partial charge in [0.05, 0.1) is 28.5 Å². The number of anilines is 2. The zero-order valence-corrected chi connectivity index (χ0v) is 19.6. The predicted molar refractivity (Wildman–Crippen MR) is 126 cm³/mol. The molecule has 1 N–H and O–H groups in total. The van der Waals surface area contributed by atoms with Gasteiger partial charge in [0.25, 0.3) is 0 Å². The average molecular weight is 488 g/mol. The molecule has 0 amide bonds. The van der Waals surface area contributed by atoms with Crippen molar-refractivity contribution in [1.29, 1.82) is 0 Å². The number of halogens is 3. The van der Waals surface area contributed by atoms with Crippen LogP contribution in [0, 0.1) is 0 Å². The van der Waals surface area contributed by atoms with Crippen LogP contribution in [-0.2, 0) is 19.0 Å². The number of pyridine rings is 1. The first-order valence-corrected chi connectivity index (χ1v) is 11.9. The Morgan fingerprint density at radius 2 is 1.97 bits per heavy atom. The van der Waals surface area contributed by atoms with Gasteiger partial charge in [-0.2, -0.15) is 17.5 Å². The van der Waals surface area contributed by atoms with Gasteiger partial charge in [-0.1, -0.05) is 13.8 Å². The summed E-state index contributed by atoms with van der Waals surface area (Å²) in [7, 11) is 0. The van der Waals surface area contributed by atoms with Crippen molar-refractivity contribution in [2.45, 2.75) is 38.8 Å². The second kappa shape index (κ2) is 8.86. The van der Waals surface area contributed by atoms with E-state index in [1.807, 2.05) is 31.3 Å². The average Bonchev–Trinajstić information content (AvgIpc) is 3.16. The molecule has 0 aliphatic carbocycles. The smallest absolute Gasteiger partial charge is 0.355 e. The van der Waals surface area contributed by atoms with Gasteiger partial charge >= 0.3 is 6.18 Å². The van der Waals surface area contributed by atoms with E-state index in [1.54, 1.807) is 4.90 Å². The maximum Gasteiger partial charge on any atom is 0.419 e. The summed E-state index contributed by atoms with van der Waals surface area (Å²) < 4.78 is 46.2. The van der Waals surface area contributed by atoms with Gasteiger partial charge in [0.15, 0.2) is 5.82 Å². The van der Waals surface area contributed by atoms with Crippen molar-refractivity contribution in [2.75, 3.05) is 30.0 Å². The molecule has 3 aromatic rings. The van der Waals surface area contributed by atoms with Crippen LogP contribution in [0.3, 0.4) is 0 Å². The maximum atomic E-state index is 13.6. The molecule has 3 aromatic heterocycles. The zero-order valence-electron chi connectivity index (χ0n) is 18.8. The standard InChI is InChI=1S/C23H24F3N7S/c1-14(2)20-29-18-6-10-32(22-17(23(24,25)26)4-3-8-27-22)9-5-16(18)21(30-20)31-33-11-7-19-15(13-33)12-28-34-19/h3-4,7-8,12-14H,5-6,9-11H2,1-2H3,(H,29,30,31). The molecule has 5 heterocycles. The Hall–Kier alpha value is -3.21. The third-order valence-electron chi connectivity index (χ3n) is 5.91. The molecule has 2 aliphatic heterocycles. The second-order valence-corrected chi connectivity index (χ2v) is 9.45. The normalized spacial score (nSPS) is 15.8. The molecule has 0 unspecified atom stereocenters.